The van der Waals surface area contributed by atoms with Crippen molar-refractivity contribution in [2.45, 2.75) is 20.0 Å². The summed E-state index contributed by atoms with van der Waals surface area (Å²) in [7, 11) is 0. The minimum absolute atomic E-state index is 0.218. The molecule has 0 aromatic heterocycles. The molecule has 0 heterocycles. The molecule has 0 amide bonds. The Morgan fingerprint density at radius 1 is 1.33 bits per heavy atom. The summed E-state index contributed by atoms with van der Waals surface area (Å²) in [5.41, 5.74) is 0.703. The van der Waals surface area contributed by atoms with Crippen LogP contribution in [0.3, 0.4) is 0 Å². The van der Waals surface area contributed by atoms with Crippen LogP contribution in [0.15, 0.2) is 30.3 Å². The number of rotatable bonds is 3. The van der Waals surface area contributed by atoms with Gasteiger partial charge in [-0.05, 0) is 0 Å². The normalized spacial score (nSPS) is 11.9. The van der Waals surface area contributed by atoms with Crippen LogP contribution in [-0.2, 0) is 9.53 Å². The summed E-state index contributed by atoms with van der Waals surface area (Å²) in [6.45, 7) is 3.48. The molecule has 1 aromatic rings. The molecule has 0 N–H and O–H groups in total. The number of hydrogen-bond donors (Lipinski definition) is 0. The first-order chi connectivity index (χ1) is 7.15. The van der Waals surface area contributed by atoms with E-state index >= 15 is 0 Å². The monoisotopic (exact) mass is 203 g/mol. The molecule has 3 heteroatoms. The third-order valence-electron chi connectivity index (χ3n) is 1.92. The molecular weight excluding hydrogens is 190 g/mol. The van der Waals surface area contributed by atoms with E-state index < -0.39 is 6.10 Å². The predicted octanol–water partition coefficient (Wildman–Crippen LogP) is 2.45. The molecule has 1 aromatic carbocycles. The van der Waals surface area contributed by atoms with Gasteiger partial charge in [0.25, 0.3) is 0 Å². The van der Waals surface area contributed by atoms with E-state index in [-0.39, 0.29) is 11.9 Å². The Hall–Kier alpha value is -1.82. The lowest BCUT2D eigenvalue weighted by atomic mass is 10.1. The van der Waals surface area contributed by atoms with E-state index in [0.717, 1.165) is 0 Å². The maximum atomic E-state index is 11.3. The fourth-order valence-corrected chi connectivity index (χ4v) is 1.05. The van der Waals surface area contributed by atoms with Crippen molar-refractivity contribution in [2.75, 3.05) is 0 Å². The molecule has 0 aliphatic rings. The van der Waals surface area contributed by atoms with Gasteiger partial charge in [-0.3, -0.25) is 4.79 Å². The van der Waals surface area contributed by atoms with Crippen LogP contribution in [0.4, 0.5) is 0 Å². The molecule has 3 nitrogen and oxygen atoms in total. The molecule has 78 valence electrons. The summed E-state index contributed by atoms with van der Waals surface area (Å²) in [6, 6.07) is 11.0. The molecule has 0 aliphatic carbocycles. The van der Waals surface area contributed by atoms with E-state index in [2.05, 4.69) is 0 Å². The van der Waals surface area contributed by atoms with Crippen molar-refractivity contribution in [1.82, 2.24) is 0 Å². The van der Waals surface area contributed by atoms with Gasteiger partial charge in [-0.2, -0.15) is 5.26 Å². The maximum Gasteiger partial charge on any atom is 0.310 e. The van der Waals surface area contributed by atoms with Gasteiger partial charge in [0.1, 0.15) is 6.07 Å². The Morgan fingerprint density at radius 3 is 2.40 bits per heavy atom. The van der Waals surface area contributed by atoms with Crippen molar-refractivity contribution in [3.63, 3.8) is 0 Å². The molecule has 1 atom stereocenters. The van der Waals surface area contributed by atoms with Crippen LogP contribution in [0.5, 0.6) is 0 Å². The summed E-state index contributed by atoms with van der Waals surface area (Å²) in [6.07, 6.45) is -0.805. The van der Waals surface area contributed by atoms with Crippen molar-refractivity contribution < 1.29 is 9.53 Å². The quantitative estimate of drug-likeness (QED) is 0.709. The zero-order valence-electron chi connectivity index (χ0n) is 8.81. The molecule has 0 fully saturated rings. The molecule has 0 saturated carbocycles. The molecule has 0 bridgehead atoms. The van der Waals surface area contributed by atoms with Gasteiger partial charge in [0.2, 0.25) is 6.10 Å². The topological polar surface area (TPSA) is 50.1 Å². The second-order valence-electron chi connectivity index (χ2n) is 3.51. The van der Waals surface area contributed by atoms with Crippen molar-refractivity contribution in [1.29, 1.82) is 5.26 Å². The van der Waals surface area contributed by atoms with Gasteiger partial charge in [0, 0.05) is 5.56 Å². The minimum Gasteiger partial charge on any atom is -0.442 e. The lowest BCUT2D eigenvalue weighted by Gasteiger charge is -2.12. The molecule has 0 radical (unpaired) electrons. The minimum atomic E-state index is -0.805. The van der Waals surface area contributed by atoms with E-state index in [0.29, 0.717) is 5.56 Å². The summed E-state index contributed by atoms with van der Waals surface area (Å²) in [4.78, 5) is 11.3. The molecule has 15 heavy (non-hydrogen) atoms. The molecule has 1 unspecified atom stereocenters. The summed E-state index contributed by atoms with van der Waals surface area (Å²) >= 11 is 0. The van der Waals surface area contributed by atoms with E-state index in [1.165, 1.54) is 0 Å². The van der Waals surface area contributed by atoms with Crippen molar-refractivity contribution in [3.8, 4) is 6.07 Å². The van der Waals surface area contributed by atoms with Crippen LogP contribution in [0.1, 0.15) is 25.5 Å². The van der Waals surface area contributed by atoms with Gasteiger partial charge in [-0.1, -0.05) is 44.2 Å². The standard InChI is InChI=1S/C12H13NO2/c1-9(2)12(14)15-11(8-13)10-6-4-3-5-7-10/h3-7,9,11H,1-2H3. The Morgan fingerprint density at radius 2 is 1.93 bits per heavy atom. The molecular formula is C12H13NO2. The molecule has 1 rings (SSSR count). The number of esters is 1. The lowest BCUT2D eigenvalue weighted by Crippen LogP contribution is -2.15. The fourth-order valence-electron chi connectivity index (χ4n) is 1.05. The van der Waals surface area contributed by atoms with Crippen LogP contribution in [0, 0.1) is 17.2 Å². The summed E-state index contributed by atoms with van der Waals surface area (Å²) in [5.74, 6) is -0.574. The highest BCUT2D eigenvalue weighted by Gasteiger charge is 2.17. The smallest absolute Gasteiger partial charge is 0.310 e. The number of hydrogen-bond acceptors (Lipinski definition) is 3. The van der Waals surface area contributed by atoms with Crippen molar-refractivity contribution >= 4 is 5.97 Å². The lowest BCUT2D eigenvalue weighted by molar-refractivity contribution is -0.150. The fraction of sp³-hybridized carbons (Fsp3) is 0.333. The maximum absolute atomic E-state index is 11.3. The number of nitrogens with zero attached hydrogens (tertiary/aromatic N) is 1. The van der Waals surface area contributed by atoms with Crippen LogP contribution in [0.25, 0.3) is 0 Å². The zero-order chi connectivity index (χ0) is 11.3. The number of benzene rings is 1. The number of carbonyl (C=O) groups excluding carboxylic acids is 1. The van der Waals surface area contributed by atoms with Gasteiger partial charge in [0.15, 0.2) is 0 Å². The van der Waals surface area contributed by atoms with Gasteiger partial charge < -0.3 is 4.74 Å². The average molecular weight is 203 g/mol. The predicted molar refractivity (Wildman–Crippen MR) is 55.7 cm³/mol. The zero-order valence-corrected chi connectivity index (χ0v) is 8.81. The highest BCUT2D eigenvalue weighted by atomic mass is 16.5. The number of carbonyl (C=O) groups is 1. The van der Waals surface area contributed by atoms with Crippen LogP contribution in [-0.4, -0.2) is 5.97 Å². The highest BCUT2D eigenvalue weighted by molar-refractivity contribution is 5.72. The first-order valence-electron chi connectivity index (χ1n) is 4.80. The van der Waals surface area contributed by atoms with Gasteiger partial charge >= 0.3 is 5.97 Å². The second-order valence-corrected chi connectivity index (χ2v) is 3.51. The van der Waals surface area contributed by atoms with Crippen LogP contribution in [0.2, 0.25) is 0 Å². The SMILES string of the molecule is CC(C)C(=O)OC(C#N)c1ccccc1. The molecule has 0 aliphatic heterocycles. The summed E-state index contributed by atoms with van der Waals surface area (Å²) in [5, 5.41) is 8.88. The van der Waals surface area contributed by atoms with Crippen LogP contribution < -0.4 is 0 Å². The number of ether oxygens (including phenoxy) is 1. The van der Waals surface area contributed by atoms with E-state index in [9.17, 15) is 4.79 Å². The Balaban J connectivity index is 2.75. The molecule has 0 spiro atoms. The van der Waals surface area contributed by atoms with Crippen LogP contribution >= 0.6 is 0 Å². The highest BCUT2D eigenvalue weighted by Crippen LogP contribution is 2.17. The van der Waals surface area contributed by atoms with Gasteiger partial charge in [-0.25, -0.2) is 0 Å². The Bertz CT molecular complexity index is 365. The van der Waals surface area contributed by atoms with Crippen molar-refractivity contribution in [3.05, 3.63) is 35.9 Å². The van der Waals surface area contributed by atoms with Gasteiger partial charge in [0.05, 0.1) is 5.92 Å². The van der Waals surface area contributed by atoms with E-state index in [1.807, 2.05) is 24.3 Å². The molecule has 0 saturated heterocycles. The number of nitriles is 1. The van der Waals surface area contributed by atoms with E-state index in [4.69, 9.17) is 10.00 Å². The first-order valence-corrected chi connectivity index (χ1v) is 4.80. The van der Waals surface area contributed by atoms with Crippen molar-refractivity contribution in [2.24, 2.45) is 5.92 Å². The third kappa shape index (κ3) is 3.10. The average Bonchev–Trinajstić information content (AvgIpc) is 2.26. The summed E-state index contributed by atoms with van der Waals surface area (Å²) < 4.78 is 5.05. The third-order valence-corrected chi connectivity index (χ3v) is 1.92. The largest absolute Gasteiger partial charge is 0.442 e. The first kappa shape index (κ1) is 11.3. The Labute approximate surface area is 89.3 Å². The van der Waals surface area contributed by atoms with Gasteiger partial charge in [-0.15, -0.1) is 0 Å². The second kappa shape index (κ2) is 5.16. The van der Waals surface area contributed by atoms with E-state index in [1.54, 1.807) is 26.0 Å². The Kier molecular flexibility index (Phi) is 3.87.